The predicted octanol–water partition coefficient (Wildman–Crippen LogP) is 2.85. The first-order valence-electron chi connectivity index (χ1n) is 7.11. The molecular weight excluding hydrogens is 346 g/mol. The molecule has 3 aromatic rings. The molecule has 0 atom stereocenters. The van der Waals surface area contributed by atoms with E-state index < -0.39 is 10.0 Å². The van der Waals surface area contributed by atoms with E-state index in [1.807, 2.05) is 30.3 Å². The Labute approximate surface area is 143 Å². The summed E-state index contributed by atoms with van der Waals surface area (Å²) in [5.74, 6) is -0.112. The SMILES string of the molecule is CS(=O)(=O)Nc1nc2ccc(NC(=O)Cc3ccccc3)cc2s1. The van der Waals surface area contributed by atoms with Crippen LogP contribution in [0.3, 0.4) is 0 Å². The molecule has 0 bridgehead atoms. The Bertz CT molecular complexity index is 982. The molecule has 6 nitrogen and oxygen atoms in total. The molecule has 1 aromatic heterocycles. The Morgan fingerprint density at radius 2 is 1.92 bits per heavy atom. The van der Waals surface area contributed by atoms with Crippen LogP contribution < -0.4 is 10.0 Å². The van der Waals surface area contributed by atoms with Crippen LogP contribution in [-0.4, -0.2) is 25.6 Å². The van der Waals surface area contributed by atoms with Gasteiger partial charge in [-0.2, -0.15) is 0 Å². The lowest BCUT2D eigenvalue weighted by molar-refractivity contribution is -0.115. The van der Waals surface area contributed by atoms with Crippen molar-refractivity contribution in [2.24, 2.45) is 0 Å². The van der Waals surface area contributed by atoms with E-state index in [-0.39, 0.29) is 5.91 Å². The van der Waals surface area contributed by atoms with E-state index >= 15 is 0 Å². The van der Waals surface area contributed by atoms with Crippen molar-refractivity contribution in [3.05, 3.63) is 54.1 Å². The van der Waals surface area contributed by atoms with Crippen molar-refractivity contribution in [3.8, 4) is 0 Å². The van der Waals surface area contributed by atoms with E-state index in [1.54, 1.807) is 18.2 Å². The molecule has 0 aliphatic rings. The highest BCUT2D eigenvalue weighted by molar-refractivity contribution is 7.92. The van der Waals surface area contributed by atoms with Crippen LogP contribution in [0, 0.1) is 0 Å². The number of benzene rings is 2. The molecule has 2 aromatic carbocycles. The third-order valence-electron chi connectivity index (χ3n) is 3.15. The number of nitrogens with zero attached hydrogens (tertiary/aromatic N) is 1. The maximum Gasteiger partial charge on any atom is 0.231 e. The quantitative estimate of drug-likeness (QED) is 0.731. The van der Waals surface area contributed by atoms with Gasteiger partial charge in [0.1, 0.15) is 0 Å². The van der Waals surface area contributed by atoms with Crippen LogP contribution in [0.4, 0.5) is 10.8 Å². The summed E-state index contributed by atoms with van der Waals surface area (Å²) in [4.78, 5) is 16.3. The molecule has 0 fully saturated rings. The van der Waals surface area contributed by atoms with Crippen molar-refractivity contribution in [1.29, 1.82) is 0 Å². The van der Waals surface area contributed by atoms with Gasteiger partial charge in [-0.1, -0.05) is 41.7 Å². The summed E-state index contributed by atoms with van der Waals surface area (Å²) in [7, 11) is -3.36. The Hall–Kier alpha value is -2.45. The van der Waals surface area contributed by atoms with Crippen molar-refractivity contribution < 1.29 is 13.2 Å². The fourth-order valence-electron chi connectivity index (χ4n) is 2.19. The molecule has 0 aliphatic carbocycles. The summed E-state index contributed by atoms with van der Waals surface area (Å²) in [6, 6.07) is 14.8. The monoisotopic (exact) mass is 361 g/mol. The number of fused-ring (bicyclic) bond motifs is 1. The highest BCUT2D eigenvalue weighted by Crippen LogP contribution is 2.28. The molecule has 0 aliphatic heterocycles. The number of carbonyl (C=O) groups is 1. The highest BCUT2D eigenvalue weighted by Gasteiger charge is 2.10. The van der Waals surface area contributed by atoms with Gasteiger partial charge in [0.15, 0.2) is 5.13 Å². The molecule has 8 heteroatoms. The Morgan fingerprint density at radius 3 is 2.62 bits per heavy atom. The number of aromatic nitrogens is 1. The van der Waals surface area contributed by atoms with Gasteiger partial charge in [-0.3, -0.25) is 9.52 Å². The lowest BCUT2D eigenvalue weighted by Gasteiger charge is -2.05. The van der Waals surface area contributed by atoms with Crippen LogP contribution in [0.2, 0.25) is 0 Å². The lowest BCUT2D eigenvalue weighted by Crippen LogP contribution is -2.14. The topological polar surface area (TPSA) is 88.2 Å². The molecule has 0 unspecified atom stereocenters. The summed E-state index contributed by atoms with van der Waals surface area (Å²) in [6.45, 7) is 0. The maximum absolute atomic E-state index is 12.1. The highest BCUT2D eigenvalue weighted by atomic mass is 32.2. The number of hydrogen-bond acceptors (Lipinski definition) is 5. The molecule has 0 saturated heterocycles. The van der Waals surface area contributed by atoms with E-state index in [0.29, 0.717) is 22.8 Å². The van der Waals surface area contributed by atoms with E-state index in [1.165, 1.54) is 11.3 Å². The first-order chi connectivity index (χ1) is 11.4. The average molecular weight is 361 g/mol. The molecule has 24 heavy (non-hydrogen) atoms. The summed E-state index contributed by atoms with van der Waals surface area (Å²) >= 11 is 1.22. The third-order valence-corrected chi connectivity index (χ3v) is 4.78. The minimum Gasteiger partial charge on any atom is -0.326 e. The van der Waals surface area contributed by atoms with Gasteiger partial charge in [0, 0.05) is 5.69 Å². The molecule has 0 saturated carbocycles. The number of nitrogens with one attached hydrogen (secondary N) is 2. The smallest absolute Gasteiger partial charge is 0.231 e. The lowest BCUT2D eigenvalue weighted by atomic mass is 10.1. The maximum atomic E-state index is 12.1. The standard InChI is InChI=1S/C16H15N3O3S2/c1-24(21,22)19-16-18-13-8-7-12(10-14(13)23-16)17-15(20)9-11-5-3-2-4-6-11/h2-8,10H,9H2,1H3,(H,17,20)(H,18,19). The van der Waals surface area contributed by atoms with E-state index in [2.05, 4.69) is 15.0 Å². The zero-order valence-corrected chi connectivity index (χ0v) is 14.4. The molecule has 0 radical (unpaired) electrons. The zero-order chi connectivity index (χ0) is 17.2. The summed E-state index contributed by atoms with van der Waals surface area (Å²) in [5, 5.41) is 3.15. The van der Waals surface area contributed by atoms with Crippen LogP contribution in [0.5, 0.6) is 0 Å². The number of anilines is 2. The first-order valence-corrected chi connectivity index (χ1v) is 9.82. The first kappa shape index (κ1) is 16.4. The summed E-state index contributed by atoms with van der Waals surface area (Å²) in [5.41, 5.74) is 2.26. The van der Waals surface area contributed by atoms with Crippen molar-refractivity contribution in [3.63, 3.8) is 0 Å². The minimum absolute atomic E-state index is 0.112. The summed E-state index contributed by atoms with van der Waals surface area (Å²) in [6.07, 6.45) is 1.37. The van der Waals surface area contributed by atoms with Gasteiger partial charge in [-0.15, -0.1) is 0 Å². The fourth-order valence-corrected chi connectivity index (χ4v) is 3.93. The van der Waals surface area contributed by atoms with Crippen molar-refractivity contribution in [2.45, 2.75) is 6.42 Å². The number of amides is 1. The van der Waals surface area contributed by atoms with Crippen LogP contribution in [0.25, 0.3) is 10.2 Å². The minimum atomic E-state index is -3.36. The second kappa shape index (κ2) is 6.58. The number of carbonyl (C=O) groups excluding carboxylic acids is 1. The number of hydrogen-bond donors (Lipinski definition) is 2. The number of thiazole rings is 1. The van der Waals surface area contributed by atoms with Crippen molar-refractivity contribution in [2.75, 3.05) is 16.3 Å². The van der Waals surface area contributed by atoms with Gasteiger partial charge in [0.2, 0.25) is 15.9 Å². The fraction of sp³-hybridized carbons (Fsp3) is 0.125. The Morgan fingerprint density at radius 1 is 1.17 bits per heavy atom. The second-order valence-electron chi connectivity index (χ2n) is 5.29. The molecule has 3 rings (SSSR count). The van der Waals surface area contributed by atoms with Gasteiger partial charge in [-0.05, 0) is 23.8 Å². The van der Waals surface area contributed by atoms with Crippen molar-refractivity contribution >= 4 is 48.3 Å². The van der Waals surface area contributed by atoms with Gasteiger partial charge >= 0.3 is 0 Å². The molecule has 1 amide bonds. The Balaban J connectivity index is 1.74. The van der Waals surface area contributed by atoms with Gasteiger partial charge < -0.3 is 5.32 Å². The molecule has 124 valence electrons. The normalized spacial score (nSPS) is 11.4. The Kier molecular flexibility index (Phi) is 4.50. The van der Waals surface area contributed by atoms with Gasteiger partial charge in [0.25, 0.3) is 0 Å². The van der Waals surface area contributed by atoms with Gasteiger partial charge in [0.05, 0.1) is 22.9 Å². The van der Waals surface area contributed by atoms with Crippen LogP contribution >= 0.6 is 11.3 Å². The predicted molar refractivity (Wildman–Crippen MR) is 96.9 cm³/mol. The van der Waals surface area contributed by atoms with Crippen LogP contribution in [0.1, 0.15) is 5.56 Å². The summed E-state index contributed by atoms with van der Waals surface area (Å²) < 4.78 is 25.7. The second-order valence-corrected chi connectivity index (χ2v) is 8.07. The molecule has 2 N–H and O–H groups in total. The van der Waals surface area contributed by atoms with E-state index in [0.717, 1.165) is 16.5 Å². The molecular formula is C16H15N3O3S2. The largest absolute Gasteiger partial charge is 0.326 e. The third kappa shape index (κ3) is 4.30. The van der Waals surface area contributed by atoms with Crippen molar-refractivity contribution in [1.82, 2.24) is 4.98 Å². The van der Waals surface area contributed by atoms with Crippen LogP contribution in [0.15, 0.2) is 48.5 Å². The average Bonchev–Trinajstić information content (AvgIpc) is 2.87. The molecule has 1 heterocycles. The number of rotatable bonds is 5. The van der Waals surface area contributed by atoms with Gasteiger partial charge in [-0.25, -0.2) is 13.4 Å². The number of sulfonamides is 1. The zero-order valence-electron chi connectivity index (χ0n) is 12.8. The van der Waals surface area contributed by atoms with Crippen LogP contribution in [-0.2, 0) is 21.2 Å². The molecule has 0 spiro atoms. The van der Waals surface area contributed by atoms with E-state index in [4.69, 9.17) is 0 Å². The van der Waals surface area contributed by atoms with E-state index in [9.17, 15) is 13.2 Å².